The van der Waals surface area contributed by atoms with Crippen LogP contribution < -0.4 is 0 Å². The minimum absolute atomic E-state index is 1.05. The molecule has 1 heteroatoms. The molecule has 0 aliphatic carbocycles. The van der Waals surface area contributed by atoms with Gasteiger partial charge in [0.05, 0.1) is 9.38 Å². The van der Waals surface area contributed by atoms with Crippen molar-refractivity contribution in [3.8, 4) is 0 Å². The van der Waals surface area contributed by atoms with Gasteiger partial charge in [0.2, 0.25) is 0 Å². The van der Waals surface area contributed by atoms with E-state index < -0.39 is 9.38 Å². The van der Waals surface area contributed by atoms with E-state index in [0.717, 1.165) is 10.4 Å². The van der Waals surface area contributed by atoms with E-state index in [1.165, 1.54) is 0 Å². The van der Waals surface area contributed by atoms with E-state index in [1.807, 2.05) is 13.8 Å². The molecule has 0 atom stereocenters. The van der Waals surface area contributed by atoms with Crippen molar-refractivity contribution in [2.75, 3.05) is 0 Å². The number of allylic oxidation sites excluding steroid dienone is 2. The van der Waals surface area contributed by atoms with Crippen molar-refractivity contribution in [3.63, 3.8) is 0 Å². The summed E-state index contributed by atoms with van der Waals surface area (Å²) in [4.78, 5) is 0. The Morgan fingerprint density at radius 3 is 1.80 bits per heavy atom. The zero-order valence-electron chi connectivity index (χ0n) is 5.50. The van der Waals surface area contributed by atoms with Crippen LogP contribution in [-0.4, -0.2) is 11.9 Å². The second-order valence-corrected chi connectivity index (χ2v) is 3.12. The second kappa shape index (κ2) is 0.715. The zero-order valence-corrected chi connectivity index (χ0v) is 4.50. The van der Waals surface area contributed by atoms with Gasteiger partial charge in [0, 0.05) is 2.47 Å². The maximum Gasteiger partial charge on any atom is 0.0754 e. The van der Waals surface area contributed by atoms with Crippen LogP contribution in [0, 0.1) is 0 Å². The van der Waals surface area contributed by atoms with Gasteiger partial charge in [-0.15, -0.1) is 0 Å². The molecule has 0 N–H and O–H groups in total. The van der Waals surface area contributed by atoms with Gasteiger partial charge in [-0.2, -0.15) is 0 Å². The van der Waals surface area contributed by atoms with Crippen LogP contribution in [0.1, 0.15) is 13.8 Å². The fourth-order valence-corrected chi connectivity index (χ4v) is 0.750. The highest BCUT2D eigenvalue weighted by Gasteiger charge is 2.08. The smallest absolute Gasteiger partial charge is 0.0754 e. The van der Waals surface area contributed by atoms with Crippen molar-refractivity contribution in [3.05, 3.63) is 10.4 Å². The first-order valence-corrected chi connectivity index (χ1v) is 2.75. The molecule has 0 aromatic heterocycles. The number of rotatable bonds is 0. The standard InChI is InChI=1S/C4H8Si/c1-3-4(2)5-3/h5H2,1-2H3/i5D2. The van der Waals surface area contributed by atoms with Gasteiger partial charge in [-0.05, 0) is 13.8 Å². The lowest BCUT2D eigenvalue weighted by atomic mass is 10.6. The first-order chi connectivity index (χ1) is 3.07. The summed E-state index contributed by atoms with van der Waals surface area (Å²) in [5, 5.41) is 2.10. The third kappa shape index (κ3) is 0.427. The molecule has 0 amide bonds. The zero-order chi connectivity index (χ0) is 5.65. The van der Waals surface area contributed by atoms with E-state index in [0.29, 0.717) is 0 Å². The molecule has 0 spiro atoms. The fraction of sp³-hybridized carbons (Fsp3) is 0.500. The van der Waals surface area contributed by atoms with Crippen LogP contribution in [0.15, 0.2) is 10.4 Å². The van der Waals surface area contributed by atoms with Gasteiger partial charge in [-0.3, -0.25) is 0 Å². The number of hydrogen-bond donors (Lipinski definition) is 0. The Morgan fingerprint density at radius 1 is 1.60 bits per heavy atom. The molecule has 5 heavy (non-hydrogen) atoms. The quantitative estimate of drug-likeness (QED) is 0.375. The SMILES string of the molecule is [2H][Si]1([2H])C(C)=C1C. The van der Waals surface area contributed by atoms with Gasteiger partial charge in [-0.1, -0.05) is 10.4 Å². The number of hydrogen-bond acceptors (Lipinski definition) is 0. The molecule has 0 aromatic carbocycles. The molecular formula is C4H8Si. The molecule has 1 aliphatic heterocycles. The maximum atomic E-state index is 7.19. The average molecular weight is 86.2 g/mol. The highest BCUT2D eigenvalue weighted by molar-refractivity contribution is 6.66. The third-order valence-corrected chi connectivity index (χ3v) is 2.12. The Morgan fingerprint density at radius 2 is 1.80 bits per heavy atom. The van der Waals surface area contributed by atoms with Crippen molar-refractivity contribution in [1.82, 2.24) is 0 Å². The summed E-state index contributed by atoms with van der Waals surface area (Å²) in [6.07, 6.45) is 0. The third-order valence-electron chi connectivity index (χ3n) is 0.875. The predicted octanol–water partition coefficient (Wildman–Crippen LogP) is 0.420. The van der Waals surface area contributed by atoms with Crippen LogP contribution in [0.4, 0.5) is 0 Å². The van der Waals surface area contributed by atoms with E-state index in [4.69, 9.17) is 2.47 Å². The summed E-state index contributed by atoms with van der Waals surface area (Å²) in [7, 11) is -2.23. The lowest BCUT2D eigenvalue weighted by Crippen LogP contribution is -1.51. The molecule has 0 unspecified atom stereocenters. The van der Waals surface area contributed by atoms with Gasteiger partial charge < -0.3 is 0 Å². The Bertz CT molecular complexity index is 123. The fourth-order valence-electron chi connectivity index (χ4n) is 0.250. The van der Waals surface area contributed by atoms with Crippen LogP contribution in [0.2, 0.25) is 0 Å². The lowest BCUT2D eigenvalue weighted by Gasteiger charge is -1.49. The van der Waals surface area contributed by atoms with Gasteiger partial charge >= 0.3 is 0 Å². The Labute approximate surface area is 37.2 Å². The van der Waals surface area contributed by atoms with Gasteiger partial charge in [0.25, 0.3) is 0 Å². The first-order valence-electron chi connectivity index (χ1n) is 2.75. The largest absolute Gasteiger partial charge is 0.0911 e. The van der Waals surface area contributed by atoms with Crippen LogP contribution in [-0.2, 0) is 0 Å². The molecule has 0 bridgehead atoms. The molecule has 0 aromatic rings. The van der Waals surface area contributed by atoms with E-state index >= 15 is 0 Å². The molecule has 0 saturated carbocycles. The lowest BCUT2D eigenvalue weighted by molar-refractivity contribution is 1.64. The monoisotopic (exact) mass is 86.1 g/mol. The van der Waals surface area contributed by atoms with Crippen molar-refractivity contribution in [1.29, 1.82) is 2.47 Å². The molecule has 0 saturated heterocycles. The summed E-state index contributed by atoms with van der Waals surface area (Å²) in [5.74, 6) is 0. The summed E-state index contributed by atoms with van der Waals surface area (Å²) in [5.41, 5.74) is 0. The van der Waals surface area contributed by atoms with Crippen molar-refractivity contribution in [2.24, 2.45) is 0 Å². The summed E-state index contributed by atoms with van der Waals surface area (Å²) in [6.45, 7) is 3.78. The Kier molecular flexibility index (Phi) is 0.229. The second-order valence-electron chi connectivity index (χ2n) is 1.38. The summed E-state index contributed by atoms with van der Waals surface area (Å²) >= 11 is 0. The van der Waals surface area contributed by atoms with Gasteiger partial charge in [-0.25, -0.2) is 0 Å². The first kappa shape index (κ1) is 1.60. The minimum Gasteiger partial charge on any atom is -0.0911 e. The summed E-state index contributed by atoms with van der Waals surface area (Å²) < 4.78 is 14.4. The van der Waals surface area contributed by atoms with Crippen LogP contribution in [0.25, 0.3) is 0 Å². The van der Waals surface area contributed by atoms with Crippen molar-refractivity contribution < 1.29 is 0 Å². The highest BCUT2D eigenvalue weighted by Crippen LogP contribution is 2.15. The van der Waals surface area contributed by atoms with E-state index in [2.05, 4.69) is 0 Å². The van der Waals surface area contributed by atoms with Crippen LogP contribution in [0.5, 0.6) is 0 Å². The molecule has 0 fully saturated rings. The minimum atomic E-state index is -2.23. The molecule has 1 aliphatic rings. The highest BCUT2D eigenvalue weighted by atomic mass is 28.2. The van der Waals surface area contributed by atoms with Crippen molar-refractivity contribution >= 4 is 9.38 Å². The maximum absolute atomic E-state index is 7.19. The Hall–Kier alpha value is -0.0431. The van der Waals surface area contributed by atoms with Crippen LogP contribution in [0.3, 0.4) is 0 Å². The van der Waals surface area contributed by atoms with E-state index in [9.17, 15) is 0 Å². The Balaban J connectivity index is 2.69. The molecule has 0 radical (unpaired) electrons. The van der Waals surface area contributed by atoms with E-state index in [-0.39, 0.29) is 0 Å². The molecular weight excluding hydrogens is 76.1 g/mol. The average Bonchev–Trinajstić information content (AvgIpc) is 1.91. The normalized spacial score (nSPS) is 36.4. The predicted molar refractivity (Wildman–Crippen MR) is 26.9 cm³/mol. The summed E-state index contributed by atoms with van der Waals surface area (Å²) in [6, 6.07) is 0. The van der Waals surface area contributed by atoms with Crippen molar-refractivity contribution in [2.45, 2.75) is 13.8 Å². The molecule has 28 valence electrons. The molecule has 0 nitrogen and oxygen atoms in total. The molecule has 1 rings (SSSR count). The van der Waals surface area contributed by atoms with Crippen LogP contribution >= 0.6 is 0 Å². The topological polar surface area (TPSA) is 0 Å². The van der Waals surface area contributed by atoms with Gasteiger partial charge in [0.15, 0.2) is 0 Å². The molecule has 1 heterocycles. The van der Waals surface area contributed by atoms with Gasteiger partial charge in [0.1, 0.15) is 0 Å². The van der Waals surface area contributed by atoms with E-state index in [1.54, 1.807) is 0 Å².